The molecule has 78 valence electrons. The molecule has 1 aromatic heterocycles. The molecule has 4 nitrogen and oxygen atoms in total. The molecule has 2 rings (SSSR count). The highest BCUT2D eigenvalue weighted by Crippen LogP contribution is 2.25. The molecule has 0 bridgehead atoms. The summed E-state index contributed by atoms with van der Waals surface area (Å²) in [7, 11) is 0. The molecule has 2 unspecified atom stereocenters. The van der Waals surface area contributed by atoms with Crippen molar-refractivity contribution in [2.45, 2.75) is 38.5 Å². The highest BCUT2D eigenvalue weighted by molar-refractivity contribution is 4.97. The molecule has 0 amide bonds. The van der Waals surface area contributed by atoms with Gasteiger partial charge in [0.15, 0.2) is 6.39 Å². The lowest BCUT2D eigenvalue weighted by Crippen LogP contribution is -2.47. The Morgan fingerprint density at radius 3 is 3.14 bits per heavy atom. The second-order valence-electron chi connectivity index (χ2n) is 4.01. The Morgan fingerprint density at radius 2 is 2.57 bits per heavy atom. The summed E-state index contributed by atoms with van der Waals surface area (Å²) >= 11 is 0. The maximum absolute atomic E-state index is 5.53. The fourth-order valence-electron chi connectivity index (χ4n) is 1.68. The molecule has 0 aliphatic carbocycles. The summed E-state index contributed by atoms with van der Waals surface area (Å²) in [4.78, 5) is 4.06. The molecular formula is C10H16N2O2. The van der Waals surface area contributed by atoms with Gasteiger partial charge in [-0.15, -0.1) is 0 Å². The van der Waals surface area contributed by atoms with Gasteiger partial charge in [0.1, 0.15) is 6.26 Å². The highest BCUT2D eigenvalue weighted by Gasteiger charge is 2.36. The van der Waals surface area contributed by atoms with Crippen molar-refractivity contribution in [3.05, 3.63) is 18.4 Å². The topological polar surface area (TPSA) is 47.3 Å². The summed E-state index contributed by atoms with van der Waals surface area (Å²) in [6, 6.07) is 0. The summed E-state index contributed by atoms with van der Waals surface area (Å²) in [6.07, 6.45) is 4.42. The molecular weight excluding hydrogens is 180 g/mol. The lowest BCUT2D eigenvalue weighted by Gasteiger charge is -2.28. The number of rotatable bonds is 3. The van der Waals surface area contributed by atoms with Crippen molar-refractivity contribution < 1.29 is 9.15 Å². The van der Waals surface area contributed by atoms with Crippen molar-refractivity contribution in [2.75, 3.05) is 6.61 Å². The third kappa shape index (κ3) is 1.81. The Kier molecular flexibility index (Phi) is 2.56. The predicted molar refractivity (Wildman–Crippen MR) is 51.8 cm³/mol. The van der Waals surface area contributed by atoms with Crippen LogP contribution in [-0.2, 0) is 11.3 Å². The first-order chi connectivity index (χ1) is 6.71. The van der Waals surface area contributed by atoms with E-state index in [0.29, 0.717) is 0 Å². The van der Waals surface area contributed by atoms with Crippen LogP contribution in [0.3, 0.4) is 0 Å². The van der Waals surface area contributed by atoms with Crippen LogP contribution in [0.1, 0.15) is 26.0 Å². The average Bonchev–Trinajstić information content (AvgIpc) is 2.75. The normalized spacial score (nSPS) is 32.3. The molecule has 1 N–H and O–H groups in total. The Hall–Kier alpha value is -0.870. The molecule has 14 heavy (non-hydrogen) atoms. The van der Waals surface area contributed by atoms with E-state index in [4.69, 9.17) is 9.15 Å². The SMILES string of the molecule is CC1OCCC1(C)NCc1cocn1. The van der Waals surface area contributed by atoms with Crippen LogP contribution in [0.4, 0.5) is 0 Å². The zero-order chi connectivity index (χ0) is 10.0. The van der Waals surface area contributed by atoms with E-state index in [0.717, 1.165) is 25.3 Å². The van der Waals surface area contributed by atoms with Crippen LogP contribution in [0.15, 0.2) is 17.1 Å². The summed E-state index contributed by atoms with van der Waals surface area (Å²) in [6.45, 7) is 5.86. The molecule has 0 saturated carbocycles. The number of nitrogens with one attached hydrogen (secondary N) is 1. The third-order valence-electron chi connectivity index (χ3n) is 3.04. The molecule has 0 aromatic carbocycles. The van der Waals surface area contributed by atoms with Crippen LogP contribution >= 0.6 is 0 Å². The Bertz CT molecular complexity index is 286. The predicted octanol–water partition coefficient (Wildman–Crippen LogP) is 1.33. The summed E-state index contributed by atoms with van der Waals surface area (Å²) in [5, 5.41) is 3.46. The number of aromatic nitrogens is 1. The van der Waals surface area contributed by atoms with Gasteiger partial charge >= 0.3 is 0 Å². The smallest absolute Gasteiger partial charge is 0.180 e. The van der Waals surface area contributed by atoms with Crippen LogP contribution in [-0.4, -0.2) is 23.2 Å². The van der Waals surface area contributed by atoms with Gasteiger partial charge in [-0.1, -0.05) is 0 Å². The minimum Gasteiger partial charge on any atom is -0.451 e. The number of oxazole rings is 1. The van der Waals surface area contributed by atoms with Crippen molar-refractivity contribution in [3.8, 4) is 0 Å². The second-order valence-corrected chi connectivity index (χ2v) is 4.01. The summed E-state index contributed by atoms with van der Waals surface area (Å²) in [5.41, 5.74) is 1.00. The molecule has 0 radical (unpaired) electrons. The van der Waals surface area contributed by atoms with E-state index in [1.807, 2.05) is 0 Å². The molecule has 0 spiro atoms. The molecule has 1 aliphatic heterocycles. The van der Waals surface area contributed by atoms with Crippen molar-refractivity contribution in [3.63, 3.8) is 0 Å². The van der Waals surface area contributed by atoms with Gasteiger partial charge in [0, 0.05) is 18.7 Å². The second kappa shape index (κ2) is 3.71. The fourth-order valence-corrected chi connectivity index (χ4v) is 1.68. The Balaban J connectivity index is 1.91. The minimum atomic E-state index is 0.0684. The average molecular weight is 196 g/mol. The molecule has 1 aromatic rings. The largest absolute Gasteiger partial charge is 0.451 e. The molecule has 1 saturated heterocycles. The Morgan fingerprint density at radius 1 is 1.71 bits per heavy atom. The van der Waals surface area contributed by atoms with Gasteiger partial charge in [0.2, 0.25) is 0 Å². The number of nitrogens with zero attached hydrogens (tertiary/aromatic N) is 1. The van der Waals surface area contributed by atoms with E-state index < -0.39 is 0 Å². The van der Waals surface area contributed by atoms with E-state index in [-0.39, 0.29) is 11.6 Å². The van der Waals surface area contributed by atoms with Crippen molar-refractivity contribution in [2.24, 2.45) is 0 Å². The van der Waals surface area contributed by atoms with Crippen LogP contribution in [0, 0.1) is 0 Å². The van der Waals surface area contributed by atoms with E-state index in [1.165, 1.54) is 6.39 Å². The molecule has 4 heteroatoms. The molecule has 2 heterocycles. The summed E-state index contributed by atoms with van der Waals surface area (Å²) in [5.74, 6) is 0. The molecule has 1 fully saturated rings. The zero-order valence-electron chi connectivity index (χ0n) is 8.62. The van der Waals surface area contributed by atoms with Crippen LogP contribution in [0.2, 0.25) is 0 Å². The third-order valence-corrected chi connectivity index (χ3v) is 3.04. The van der Waals surface area contributed by atoms with E-state index in [2.05, 4.69) is 24.1 Å². The van der Waals surface area contributed by atoms with Crippen LogP contribution in [0.5, 0.6) is 0 Å². The first-order valence-corrected chi connectivity index (χ1v) is 4.94. The lowest BCUT2D eigenvalue weighted by atomic mass is 9.95. The number of hydrogen-bond donors (Lipinski definition) is 1. The molecule has 2 atom stereocenters. The van der Waals surface area contributed by atoms with Gasteiger partial charge in [-0.25, -0.2) is 4.98 Å². The summed E-state index contributed by atoms with van der Waals surface area (Å²) < 4.78 is 10.4. The quantitative estimate of drug-likeness (QED) is 0.792. The van der Waals surface area contributed by atoms with Gasteiger partial charge in [0.05, 0.1) is 11.8 Å². The fraction of sp³-hybridized carbons (Fsp3) is 0.700. The minimum absolute atomic E-state index is 0.0684. The van der Waals surface area contributed by atoms with Gasteiger partial charge in [-0.05, 0) is 20.3 Å². The van der Waals surface area contributed by atoms with Gasteiger partial charge in [-0.2, -0.15) is 0 Å². The van der Waals surface area contributed by atoms with Gasteiger partial charge in [0.25, 0.3) is 0 Å². The monoisotopic (exact) mass is 196 g/mol. The lowest BCUT2D eigenvalue weighted by molar-refractivity contribution is 0.0880. The maximum atomic E-state index is 5.53. The maximum Gasteiger partial charge on any atom is 0.180 e. The van der Waals surface area contributed by atoms with E-state index in [9.17, 15) is 0 Å². The van der Waals surface area contributed by atoms with Crippen molar-refractivity contribution >= 4 is 0 Å². The van der Waals surface area contributed by atoms with Crippen molar-refractivity contribution in [1.29, 1.82) is 0 Å². The first kappa shape index (κ1) is 9.68. The van der Waals surface area contributed by atoms with Crippen LogP contribution in [0.25, 0.3) is 0 Å². The molecule has 1 aliphatic rings. The number of ether oxygens (including phenoxy) is 1. The van der Waals surface area contributed by atoms with Crippen LogP contribution < -0.4 is 5.32 Å². The van der Waals surface area contributed by atoms with E-state index in [1.54, 1.807) is 6.26 Å². The van der Waals surface area contributed by atoms with E-state index >= 15 is 0 Å². The van der Waals surface area contributed by atoms with Gasteiger partial charge < -0.3 is 14.5 Å². The number of hydrogen-bond acceptors (Lipinski definition) is 4. The Labute approximate surface area is 83.7 Å². The zero-order valence-corrected chi connectivity index (χ0v) is 8.62. The van der Waals surface area contributed by atoms with Crippen molar-refractivity contribution in [1.82, 2.24) is 10.3 Å². The first-order valence-electron chi connectivity index (χ1n) is 4.94. The van der Waals surface area contributed by atoms with Gasteiger partial charge in [-0.3, -0.25) is 0 Å². The highest BCUT2D eigenvalue weighted by atomic mass is 16.5. The standard InChI is InChI=1S/C10H16N2O2/c1-8-10(2,3-4-14-8)12-5-9-6-13-7-11-9/h6-8,12H,3-5H2,1-2H3.